The molecule has 1 aliphatic rings. The molecular weight excluding hydrogens is 326 g/mol. The SMILES string of the molecule is CN1CC[C@@H](Nc2ccccc2NC(=O)c2ccc(Cl)cc2)C1=O. The van der Waals surface area contributed by atoms with Crippen molar-refractivity contribution in [3.8, 4) is 0 Å². The third-order valence-electron chi connectivity index (χ3n) is 4.04. The monoisotopic (exact) mass is 343 g/mol. The van der Waals surface area contributed by atoms with Gasteiger partial charge in [-0.05, 0) is 42.8 Å². The second-order valence-corrected chi connectivity index (χ2v) is 6.19. The van der Waals surface area contributed by atoms with Crippen LogP contribution in [0.15, 0.2) is 48.5 Å². The van der Waals surface area contributed by atoms with Crippen LogP contribution in [0.2, 0.25) is 5.02 Å². The van der Waals surface area contributed by atoms with Gasteiger partial charge in [0.15, 0.2) is 0 Å². The van der Waals surface area contributed by atoms with Gasteiger partial charge in [0, 0.05) is 24.2 Å². The van der Waals surface area contributed by atoms with E-state index in [1.807, 2.05) is 18.2 Å². The van der Waals surface area contributed by atoms with Crippen LogP contribution in [0.3, 0.4) is 0 Å². The van der Waals surface area contributed by atoms with Crippen LogP contribution in [0.5, 0.6) is 0 Å². The molecule has 24 heavy (non-hydrogen) atoms. The molecule has 0 radical (unpaired) electrons. The molecule has 1 saturated heterocycles. The number of nitrogens with zero attached hydrogens (tertiary/aromatic N) is 1. The maximum Gasteiger partial charge on any atom is 0.255 e. The number of hydrogen-bond donors (Lipinski definition) is 2. The molecule has 0 saturated carbocycles. The number of nitrogens with one attached hydrogen (secondary N) is 2. The molecule has 124 valence electrons. The van der Waals surface area contributed by atoms with Crippen molar-refractivity contribution in [2.75, 3.05) is 24.2 Å². The Balaban J connectivity index is 1.75. The average molecular weight is 344 g/mol. The molecule has 1 fully saturated rings. The highest BCUT2D eigenvalue weighted by molar-refractivity contribution is 6.30. The molecule has 0 aliphatic carbocycles. The Bertz CT molecular complexity index is 761. The Morgan fingerprint density at radius 3 is 2.42 bits per heavy atom. The number of para-hydroxylation sites is 2. The van der Waals surface area contributed by atoms with Gasteiger partial charge in [-0.2, -0.15) is 0 Å². The Morgan fingerprint density at radius 1 is 1.12 bits per heavy atom. The summed E-state index contributed by atoms with van der Waals surface area (Å²) in [5.74, 6) is -0.162. The molecule has 1 aliphatic heterocycles. The maximum absolute atomic E-state index is 12.4. The van der Waals surface area contributed by atoms with Gasteiger partial charge >= 0.3 is 0 Å². The lowest BCUT2D eigenvalue weighted by atomic mass is 10.2. The van der Waals surface area contributed by atoms with Crippen molar-refractivity contribution >= 4 is 34.8 Å². The van der Waals surface area contributed by atoms with Crippen molar-refractivity contribution in [1.82, 2.24) is 4.90 Å². The topological polar surface area (TPSA) is 61.4 Å². The minimum atomic E-state index is -0.261. The highest BCUT2D eigenvalue weighted by Gasteiger charge is 2.29. The molecule has 2 aromatic carbocycles. The third-order valence-corrected chi connectivity index (χ3v) is 4.29. The average Bonchev–Trinajstić information content (AvgIpc) is 2.89. The molecule has 6 heteroatoms. The van der Waals surface area contributed by atoms with Crippen molar-refractivity contribution in [2.45, 2.75) is 12.5 Å². The quantitative estimate of drug-likeness (QED) is 0.896. The van der Waals surface area contributed by atoms with Crippen LogP contribution < -0.4 is 10.6 Å². The van der Waals surface area contributed by atoms with Crippen LogP contribution in [0.25, 0.3) is 0 Å². The predicted octanol–water partition coefficient (Wildman–Crippen LogP) is 3.23. The highest BCUT2D eigenvalue weighted by atomic mass is 35.5. The van der Waals surface area contributed by atoms with Crippen LogP contribution in [-0.2, 0) is 4.79 Å². The fraction of sp³-hybridized carbons (Fsp3) is 0.222. The number of likely N-dealkylation sites (tertiary alicyclic amines) is 1. The Hall–Kier alpha value is -2.53. The van der Waals surface area contributed by atoms with E-state index in [9.17, 15) is 9.59 Å². The standard InChI is InChI=1S/C18H18ClN3O2/c1-22-11-10-16(18(22)24)20-14-4-2-3-5-15(14)21-17(23)12-6-8-13(19)9-7-12/h2-9,16,20H,10-11H2,1H3,(H,21,23)/t16-/m1/s1. The fourth-order valence-corrected chi connectivity index (χ4v) is 2.78. The van der Waals surface area contributed by atoms with E-state index in [1.165, 1.54) is 0 Å². The fourth-order valence-electron chi connectivity index (χ4n) is 2.66. The molecule has 0 spiro atoms. The summed E-state index contributed by atoms with van der Waals surface area (Å²) in [5, 5.41) is 6.69. The zero-order valence-corrected chi connectivity index (χ0v) is 14.0. The summed E-state index contributed by atoms with van der Waals surface area (Å²) in [7, 11) is 1.79. The number of likely N-dealkylation sites (N-methyl/N-ethyl adjacent to an activating group) is 1. The van der Waals surface area contributed by atoms with E-state index in [0.29, 0.717) is 16.3 Å². The number of carbonyl (C=O) groups is 2. The highest BCUT2D eigenvalue weighted by Crippen LogP contribution is 2.25. The number of amides is 2. The number of benzene rings is 2. The zero-order chi connectivity index (χ0) is 17.1. The number of halogens is 1. The summed E-state index contributed by atoms with van der Waals surface area (Å²) >= 11 is 5.84. The first-order valence-electron chi connectivity index (χ1n) is 7.72. The Labute approximate surface area is 145 Å². The van der Waals surface area contributed by atoms with Crippen molar-refractivity contribution in [3.63, 3.8) is 0 Å². The molecule has 5 nitrogen and oxygen atoms in total. The Kier molecular flexibility index (Phi) is 4.71. The third kappa shape index (κ3) is 3.51. The van der Waals surface area contributed by atoms with Crippen LogP contribution >= 0.6 is 11.6 Å². The van der Waals surface area contributed by atoms with Crippen LogP contribution in [-0.4, -0.2) is 36.3 Å². The van der Waals surface area contributed by atoms with E-state index >= 15 is 0 Å². The van der Waals surface area contributed by atoms with Crippen LogP contribution in [0.4, 0.5) is 11.4 Å². The van der Waals surface area contributed by atoms with Gasteiger partial charge in [0.25, 0.3) is 5.91 Å². The van der Waals surface area contributed by atoms with Gasteiger partial charge in [-0.25, -0.2) is 0 Å². The minimum Gasteiger partial charge on any atom is -0.372 e. The molecule has 0 unspecified atom stereocenters. The molecule has 2 aromatic rings. The van der Waals surface area contributed by atoms with Crippen LogP contribution in [0.1, 0.15) is 16.8 Å². The number of carbonyl (C=O) groups excluding carboxylic acids is 2. The van der Waals surface area contributed by atoms with E-state index in [-0.39, 0.29) is 17.9 Å². The molecule has 0 aromatic heterocycles. The lowest BCUT2D eigenvalue weighted by molar-refractivity contribution is -0.127. The van der Waals surface area contributed by atoms with E-state index < -0.39 is 0 Å². The number of hydrogen-bond acceptors (Lipinski definition) is 3. The molecule has 0 bridgehead atoms. The zero-order valence-electron chi connectivity index (χ0n) is 13.3. The summed E-state index contributed by atoms with van der Waals surface area (Å²) in [6.07, 6.45) is 0.745. The molecular formula is C18H18ClN3O2. The van der Waals surface area contributed by atoms with Crippen molar-refractivity contribution < 1.29 is 9.59 Å². The number of rotatable bonds is 4. The normalized spacial score (nSPS) is 17.0. The van der Waals surface area contributed by atoms with E-state index in [0.717, 1.165) is 18.7 Å². The van der Waals surface area contributed by atoms with Crippen molar-refractivity contribution in [2.24, 2.45) is 0 Å². The smallest absolute Gasteiger partial charge is 0.255 e. The first-order chi connectivity index (χ1) is 11.5. The van der Waals surface area contributed by atoms with Gasteiger partial charge in [-0.1, -0.05) is 23.7 Å². The van der Waals surface area contributed by atoms with Gasteiger partial charge in [-0.15, -0.1) is 0 Å². The van der Waals surface area contributed by atoms with Gasteiger partial charge in [0.05, 0.1) is 11.4 Å². The van der Waals surface area contributed by atoms with E-state index in [2.05, 4.69) is 10.6 Å². The molecule has 1 atom stereocenters. The molecule has 3 rings (SSSR count). The largest absolute Gasteiger partial charge is 0.372 e. The second kappa shape index (κ2) is 6.93. The lowest BCUT2D eigenvalue weighted by Gasteiger charge is -2.17. The summed E-state index contributed by atoms with van der Waals surface area (Å²) in [6, 6.07) is 13.8. The lowest BCUT2D eigenvalue weighted by Crippen LogP contribution is -2.31. The first-order valence-corrected chi connectivity index (χ1v) is 8.10. The van der Waals surface area contributed by atoms with Gasteiger partial charge in [-0.3, -0.25) is 9.59 Å². The second-order valence-electron chi connectivity index (χ2n) is 5.75. The molecule has 2 amide bonds. The van der Waals surface area contributed by atoms with E-state index in [4.69, 9.17) is 11.6 Å². The summed E-state index contributed by atoms with van der Waals surface area (Å²) in [4.78, 5) is 26.1. The van der Waals surface area contributed by atoms with Gasteiger partial charge < -0.3 is 15.5 Å². The van der Waals surface area contributed by atoms with Crippen molar-refractivity contribution in [1.29, 1.82) is 0 Å². The minimum absolute atomic E-state index is 0.0637. The van der Waals surface area contributed by atoms with Gasteiger partial charge in [0.1, 0.15) is 6.04 Å². The maximum atomic E-state index is 12.4. The molecule has 1 heterocycles. The van der Waals surface area contributed by atoms with Gasteiger partial charge in [0.2, 0.25) is 5.91 Å². The van der Waals surface area contributed by atoms with E-state index in [1.54, 1.807) is 42.3 Å². The first kappa shape index (κ1) is 16.3. The molecule has 2 N–H and O–H groups in total. The van der Waals surface area contributed by atoms with Crippen molar-refractivity contribution in [3.05, 3.63) is 59.1 Å². The Morgan fingerprint density at radius 2 is 1.79 bits per heavy atom. The summed E-state index contributed by atoms with van der Waals surface area (Å²) in [6.45, 7) is 0.732. The number of anilines is 2. The van der Waals surface area contributed by atoms with Crippen LogP contribution in [0, 0.1) is 0 Å². The predicted molar refractivity (Wildman–Crippen MR) is 95.5 cm³/mol. The summed E-state index contributed by atoms with van der Waals surface area (Å²) < 4.78 is 0. The summed E-state index contributed by atoms with van der Waals surface area (Å²) in [5.41, 5.74) is 1.89.